The Labute approximate surface area is 281 Å². The summed E-state index contributed by atoms with van der Waals surface area (Å²) in [5.41, 5.74) is 10.8. The van der Waals surface area contributed by atoms with Crippen LogP contribution in [0.3, 0.4) is 0 Å². The summed E-state index contributed by atoms with van der Waals surface area (Å²) in [6.45, 7) is 0. The van der Waals surface area contributed by atoms with Crippen molar-refractivity contribution in [2.75, 3.05) is 4.90 Å². The molecule has 48 heavy (non-hydrogen) atoms. The number of nitrogens with zero attached hydrogens (tertiary/aromatic N) is 2. The van der Waals surface area contributed by atoms with E-state index in [4.69, 9.17) is 0 Å². The molecule has 2 nitrogen and oxygen atoms in total. The third-order valence-electron chi connectivity index (χ3n) is 9.69. The predicted octanol–water partition coefficient (Wildman–Crippen LogP) is 12.7. The highest BCUT2D eigenvalue weighted by Crippen LogP contribution is 2.41. The van der Waals surface area contributed by atoms with Gasteiger partial charge in [-0.05, 0) is 89.2 Å². The van der Waals surface area contributed by atoms with Crippen molar-refractivity contribution in [3.8, 4) is 16.8 Å². The minimum atomic E-state index is 0.414. The summed E-state index contributed by atoms with van der Waals surface area (Å²) in [6.07, 6.45) is 9.94. The molecule has 9 rings (SSSR count). The minimum Gasteiger partial charge on any atom is -0.310 e. The molecule has 0 N–H and O–H groups in total. The predicted molar refractivity (Wildman–Crippen MR) is 204 cm³/mol. The van der Waals surface area contributed by atoms with E-state index < -0.39 is 0 Å². The van der Waals surface area contributed by atoms with Gasteiger partial charge in [0.1, 0.15) is 0 Å². The fourth-order valence-electron chi connectivity index (χ4n) is 7.34. The van der Waals surface area contributed by atoms with Crippen molar-refractivity contribution in [1.29, 1.82) is 0 Å². The van der Waals surface area contributed by atoms with Crippen LogP contribution in [0.4, 0.5) is 17.1 Å². The summed E-state index contributed by atoms with van der Waals surface area (Å²) in [5, 5.41) is 5.03. The van der Waals surface area contributed by atoms with Gasteiger partial charge in [0.2, 0.25) is 0 Å². The van der Waals surface area contributed by atoms with Crippen LogP contribution in [0.1, 0.15) is 17.9 Å². The molecule has 0 fully saturated rings. The number of para-hydroxylation sites is 2. The van der Waals surface area contributed by atoms with Crippen LogP contribution in [0.15, 0.2) is 188 Å². The zero-order valence-electron chi connectivity index (χ0n) is 26.6. The van der Waals surface area contributed by atoms with Gasteiger partial charge in [0.15, 0.2) is 0 Å². The maximum absolute atomic E-state index is 2.42. The van der Waals surface area contributed by atoms with Crippen LogP contribution in [-0.2, 0) is 0 Å². The first-order valence-corrected chi connectivity index (χ1v) is 16.7. The molecule has 1 aromatic heterocycles. The fraction of sp³-hybridized carbons (Fsp3) is 0.0435. The average Bonchev–Trinajstić information content (AvgIpc) is 3.49. The van der Waals surface area contributed by atoms with Gasteiger partial charge in [-0.2, -0.15) is 0 Å². The molecule has 1 aliphatic rings. The Hall–Kier alpha value is -6.12. The van der Waals surface area contributed by atoms with Crippen molar-refractivity contribution < 1.29 is 0 Å². The molecule has 0 spiro atoms. The first kappa shape index (κ1) is 28.1. The van der Waals surface area contributed by atoms with Crippen LogP contribution < -0.4 is 4.90 Å². The van der Waals surface area contributed by atoms with Gasteiger partial charge < -0.3 is 9.47 Å². The quantitative estimate of drug-likeness (QED) is 0.181. The Kier molecular flexibility index (Phi) is 6.98. The van der Waals surface area contributed by atoms with Crippen molar-refractivity contribution in [1.82, 2.24) is 4.57 Å². The van der Waals surface area contributed by atoms with Crippen molar-refractivity contribution in [2.24, 2.45) is 0 Å². The average molecular weight is 615 g/mol. The molecule has 1 aliphatic carbocycles. The van der Waals surface area contributed by atoms with Gasteiger partial charge in [-0.15, -0.1) is 0 Å². The van der Waals surface area contributed by atoms with E-state index in [2.05, 4.69) is 198 Å². The Morgan fingerprint density at radius 3 is 2.04 bits per heavy atom. The number of rotatable bonds is 6. The van der Waals surface area contributed by atoms with Gasteiger partial charge >= 0.3 is 0 Å². The van der Waals surface area contributed by atoms with E-state index in [1.807, 2.05) is 0 Å². The summed E-state index contributed by atoms with van der Waals surface area (Å²) in [7, 11) is 0. The number of benzene rings is 7. The van der Waals surface area contributed by atoms with Gasteiger partial charge in [-0.1, -0.05) is 127 Å². The van der Waals surface area contributed by atoms with E-state index in [9.17, 15) is 0 Å². The van der Waals surface area contributed by atoms with E-state index in [1.54, 1.807) is 0 Å². The van der Waals surface area contributed by atoms with Crippen LogP contribution in [0.2, 0.25) is 0 Å². The number of hydrogen-bond donors (Lipinski definition) is 0. The van der Waals surface area contributed by atoms with Crippen LogP contribution in [0.5, 0.6) is 0 Å². The van der Waals surface area contributed by atoms with Crippen molar-refractivity contribution in [2.45, 2.75) is 12.3 Å². The van der Waals surface area contributed by atoms with E-state index in [0.29, 0.717) is 5.92 Å². The molecule has 1 heterocycles. The number of fused-ring (bicyclic) bond motifs is 4. The Balaban J connectivity index is 1.16. The van der Waals surface area contributed by atoms with Gasteiger partial charge in [-0.25, -0.2) is 0 Å². The van der Waals surface area contributed by atoms with Crippen molar-refractivity contribution in [3.63, 3.8) is 0 Å². The largest absolute Gasteiger partial charge is 0.310 e. The molecule has 0 saturated heterocycles. The second-order valence-electron chi connectivity index (χ2n) is 12.6. The maximum atomic E-state index is 2.42. The summed E-state index contributed by atoms with van der Waals surface area (Å²) in [4.78, 5) is 2.36. The standard InChI is InChI=1S/C46H34N2/c1-4-13-33(14-5-1)36-26-30-45-43(31-36)42-29-25-37(32-46(42)48(45)39-19-8-3-9-20-39)34-23-27-40(28-24-34)47(38-17-6-2-7-18-38)44-22-12-16-35-15-10-11-21-41(35)44/h1-13,15-33H,14H2. The lowest BCUT2D eigenvalue weighted by Crippen LogP contribution is -2.10. The number of aromatic nitrogens is 1. The topological polar surface area (TPSA) is 8.17 Å². The molecular weight excluding hydrogens is 581 g/mol. The number of hydrogen-bond acceptors (Lipinski definition) is 1. The highest BCUT2D eigenvalue weighted by molar-refractivity contribution is 6.10. The highest BCUT2D eigenvalue weighted by atomic mass is 15.1. The molecular formula is C46H34N2. The molecule has 2 heteroatoms. The molecule has 8 aromatic rings. The zero-order valence-corrected chi connectivity index (χ0v) is 26.6. The molecule has 0 bridgehead atoms. The molecule has 7 aromatic carbocycles. The van der Waals surface area contributed by atoms with Crippen LogP contribution >= 0.6 is 0 Å². The lowest BCUT2D eigenvalue weighted by molar-refractivity contribution is 0.855. The Bertz CT molecular complexity index is 2460. The van der Waals surface area contributed by atoms with Gasteiger partial charge in [0, 0.05) is 39.1 Å². The maximum Gasteiger partial charge on any atom is 0.0547 e. The molecule has 0 amide bonds. The molecule has 0 saturated carbocycles. The van der Waals surface area contributed by atoms with Crippen LogP contribution in [0, 0.1) is 0 Å². The molecule has 1 unspecified atom stereocenters. The zero-order chi connectivity index (χ0) is 31.9. The van der Waals surface area contributed by atoms with Crippen LogP contribution in [-0.4, -0.2) is 4.57 Å². The van der Waals surface area contributed by atoms with E-state index >= 15 is 0 Å². The second kappa shape index (κ2) is 11.9. The normalized spacial score (nSPS) is 14.2. The Morgan fingerprint density at radius 2 is 1.23 bits per heavy atom. The van der Waals surface area contributed by atoms with Crippen molar-refractivity contribution in [3.05, 3.63) is 194 Å². The molecule has 0 aliphatic heterocycles. The molecule has 1 atom stereocenters. The van der Waals surface area contributed by atoms with Gasteiger partial charge in [-0.3, -0.25) is 0 Å². The first-order chi connectivity index (χ1) is 23.8. The summed E-state index contributed by atoms with van der Waals surface area (Å²) >= 11 is 0. The second-order valence-corrected chi connectivity index (χ2v) is 12.6. The first-order valence-electron chi connectivity index (χ1n) is 16.7. The number of allylic oxidation sites excluding steroid dienone is 4. The summed E-state index contributed by atoms with van der Waals surface area (Å²) < 4.78 is 2.42. The summed E-state index contributed by atoms with van der Waals surface area (Å²) in [6, 6.07) is 59.5. The Morgan fingerprint density at radius 1 is 0.500 bits per heavy atom. The van der Waals surface area contributed by atoms with Crippen molar-refractivity contribution >= 4 is 49.6 Å². The monoisotopic (exact) mass is 614 g/mol. The van der Waals surface area contributed by atoms with Gasteiger partial charge in [0.25, 0.3) is 0 Å². The van der Waals surface area contributed by atoms with E-state index in [0.717, 1.165) is 17.8 Å². The lowest BCUT2D eigenvalue weighted by atomic mass is 9.91. The lowest BCUT2D eigenvalue weighted by Gasteiger charge is -2.27. The molecule has 0 radical (unpaired) electrons. The van der Waals surface area contributed by atoms with Crippen LogP contribution in [0.25, 0.3) is 49.4 Å². The van der Waals surface area contributed by atoms with E-state index in [-0.39, 0.29) is 0 Å². The minimum absolute atomic E-state index is 0.414. The SMILES string of the molecule is C1=CCC(c2ccc3c(c2)c2ccc(-c4ccc(N(c5ccccc5)c5cccc6ccccc56)cc4)cc2n3-c2ccccc2)C=C1. The highest BCUT2D eigenvalue weighted by Gasteiger charge is 2.18. The third kappa shape index (κ3) is 4.90. The van der Waals surface area contributed by atoms with E-state index in [1.165, 1.54) is 60.6 Å². The third-order valence-corrected chi connectivity index (χ3v) is 9.69. The van der Waals surface area contributed by atoms with Gasteiger partial charge in [0.05, 0.1) is 16.7 Å². The fourth-order valence-corrected chi connectivity index (χ4v) is 7.34. The smallest absolute Gasteiger partial charge is 0.0547 e. The summed E-state index contributed by atoms with van der Waals surface area (Å²) in [5.74, 6) is 0.414. The molecule has 228 valence electrons. The number of anilines is 3.